The van der Waals surface area contributed by atoms with Crippen LogP contribution in [-0.2, 0) is 4.79 Å². The molecule has 3 nitrogen and oxygen atoms in total. The van der Waals surface area contributed by atoms with Crippen LogP contribution in [0.4, 0.5) is 10.1 Å². The molecule has 0 atom stereocenters. The quantitative estimate of drug-likeness (QED) is 0.670. The molecule has 0 bridgehead atoms. The second-order valence-corrected chi connectivity index (χ2v) is 6.99. The molecule has 0 saturated heterocycles. The third-order valence-corrected chi connectivity index (χ3v) is 4.60. The Kier molecular flexibility index (Phi) is 4.86. The summed E-state index contributed by atoms with van der Waals surface area (Å²) in [7, 11) is 0. The Hall–Kier alpha value is -2.66. The fourth-order valence-corrected chi connectivity index (χ4v) is 3.12. The minimum absolute atomic E-state index is 0.277. The van der Waals surface area contributed by atoms with Gasteiger partial charge in [0.2, 0.25) is 0 Å². The van der Waals surface area contributed by atoms with Gasteiger partial charge in [0, 0.05) is 16.1 Å². The van der Waals surface area contributed by atoms with Crippen molar-refractivity contribution >= 4 is 22.9 Å². The summed E-state index contributed by atoms with van der Waals surface area (Å²) in [4.78, 5) is 13.8. The van der Waals surface area contributed by atoms with Gasteiger partial charge in [-0.2, -0.15) is 0 Å². The number of halogens is 1. The topological polar surface area (TPSA) is 38.3 Å². The lowest BCUT2D eigenvalue weighted by Gasteiger charge is -2.26. The van der Waals surface area contributed by atoms with Crippen LogP contribution in [0.5, 0.6) is 5.75 Å². The summed E-state index contributed by atoms with van der Waals surface area (Å²) >= 11 is 1.61. The molecule has 1 aromatic heterocycles. The van der Waals surface area contributed by atoms with E-state index in [1.807, 2.05) is 41.8 Å². The highest BCUT2D eigenvalue weighted by Crippen LogP contribution is 2.32. The number of nitrogens with one attached hydrogen (secondary N) is 1. The largest absolute Gasteiger partial charge is 0.478 e. The average Bonchev–Trinajstić information content (AvgIpc) is 3.11. The molecule has 3 aromatic rings. The maximum atomic E-state index is 13.0. The molecule has 0 unspecified atom stereocenters. The first-order valence-corrected chi connectivity index (χ1v) is 8.72. The smallest absolute Gasteiger partial charge is 0.267 e. The molecule has 0 saturated carbocycles. The van der Waals surface area contributed by atoms with Gasteiger partial charge >= 0.3 is 0 Å². The van der Waals surface area contributed by atoms with Crippen molar-refractivity contribution in [3.8, 4) is 16.2 Å². The number of carbonyl (C=O) groups excluding carboxylic acids is 1. The average molecular weight is 355 g/mol. The first-order chi connectivity index (χ1) is 12.0. The number of ether oxygens (including phenoxy) is 1. The minimum atomic E-state index is -1.11. The van der Waals surface area contributed by atoms with Gasteiger partial charge in [-0.1, -0.05) is 24.3 Å². The molecule has 2 aromatic carbocycles. The Morgan fingerprint density at radius 3 is 2.44 bits per heavy atom. The lowest BCUT2D eigenvalue weighted by atomic mass is 10.1. The Labute approximate surface area is 150 Å². The normalized spacial score (nSPS) is 11.2. The molecule has 1 N–H and O–H groups in total. The molecule has 0 radical (unpaired) electrons. The van der Waals surface area contributed by atoms with Gasteiger partial charge in [-0.25, -0.2) is 4.39 Å². The number of para-hydroxylation sites is 1. The van der Waals surface area contributed by atoms with Gasteiger partial charge in [0.05, 0.1) is 0 Å². The van der Waals surface area contributed by atoms with E-state index < -0.39 is 5.60 Å². The number of rotatable bonds is 5. The second kappa shape index (κ2) is 7.07. The van der Waals surface area contributed by atoms with Gasteiger partial charge in [0.25, 0.3) is 5.91 Å². The van der Waals surface area contributed by atoms with E-state index in [0.29, 0.717) is 5.75 Å². The molecule has 1 amide bonds. The van der Waals surface area contributed by atoms with E-state index in [2.05, 4.69) is 5.32 Å². The summed E-state index contributed by atoms with van der Waals surface area (Å²) in [5.41, 5.74) is 0.578. The molecule has 25 heavy (non-hydrogen) atoms. The van der Waals surface area contributed by atoms with Gasteiger partial charge in [0.15, 0.2) is 5.60 Å². The minimum Gasteiger partial charge on any atom is -0.478 e. The summed E-state index contributed by atoms with van der Waals surface area (Å²) in [5, 5.41) is 4.93. The van der Waals surface area contributed by atoms with Gasteiger partial charge in [-0.15, -0.1) is 11.3 Å². The highest BCUT2D eigenvalue weighted by Gasteiger charge is 2.30. The van der Waals surface area contributed by atoms with Crippen LogP contribution in [0.25, 0.3) is 10.4 Å². The molecule has 128 valence electrons. The van der Waals surface area contributed by atoms with Crippen molar-refractivity contribution in [3.05, 3.63) is 71.9 Å². The molecule has 0 aliphatic heterocycles. The van der Waals surface area contributed by atoms with E-state index in [-0.39, 0.29) is 11.7 Å². The predicted octanol–water partition coefficient (Wildman–Crippen LogP) is 5.35. The summed E-state index contributed by atoms with van der Waals surface area (Å²) < 4.78 is 18.8. The molecule has 0 spiro atoms. The second-order valence-electron chi connectivity index (χ2n) is 6.04. The van der Waals surface area contributed by atoms with Crippen LogP contribution in [0.3, 0.4) is 0 Å². The molecule has 5 heteroatoms. The molecule has 0 fully saturated rings. The maximum absolute atomic E-state index is 13.0. The number of carbonyl (C=O) groups is 1. The van der Waals surface area contributed by atoms with Crippen molar-refractivity contribution in [3.63, 3.8) is 0 Å². The van der Waals surface area contributed by atoms with Crippen LogP contribution >= 0.6 is 11.3 Å². The monoisotopic (exact) mass is 355 g/mol. The van der Waals surface area contributed by atoms with E-state index >= 15 is 0 Å². The number of thiophene rings is 1. The van der Waals surface area contributed by atoms with Crippen molar-refractivity contribution in [1.29, 1.82) is 0 Å². The Morgan fingerprint density at radius 1 is 1.04 bits per heavy atom. The number of benzene rings is 2. The van der Waals surface area contributed by atoms with E-state index in [1.165, 1.54) is 24.3 Å². The zero-order valence-corrected chi connectivity index (χ0v) is 14.8. The lowest BCUT2D eigenvalue weighted by molar-refractivity contribution is -0.128. The zero-order chi connectivity index (χ0) is 17.9. The van der Waals surface area contributed by atoms with E-state index in [4.69, 9.17) is 4.74 Å². The van der Waals surface area contributed by atoms with Crippen LogP contribution < -0.4 is 10.1 Å². The van der Waals surface area contributed by atoms with Crippen molar-refractivity contribution < 1.29 is 13.9 Å². The number of amides is 1. The van der Waals surface area contributed by atoms with Crippen LogP contribution in [0, 0.1) is 5.82 Å². The first kappa shape index (κ1) is 17.2. The van der Waals surface area contributed by atoms with Gasteiger partial charge in [-0.3, -0.25) is 4.79 Å². The first-order valence-electron chi connectivity index (χ1n) is 7.85. The Morgan fingerprint density at radius 2 is 1.76 bits per heavy atom. The maximum Gasteiger partial charge on any atom is 0.267 e. The van der Waals surface area contributed by atoms with E-state index in [1.54, 1.807) is 25.2 Å². The van der Waals surface area contributed by atoms with Crippen LogP contribution in [0.2, 0.25) is 0 Å². The summed E-state index contributed by atoms with van der Waals surface area (Å²) in [6, 6.07) is 17.2. The van der Waals surface area contributed by atoms with E-state index in [0.717, 1.165) is 16.1 Å². The van der Waals surface area contributed by atoms with Gasteiger partial charge in [0.1, 0.15) is 11.6 Å². The number of anilines is 1. The Bertz CT molecular complexity index is 858. The molecular formula is C20H18FNO2S. The fraction of sp³-hybridized carbons (Fsp3) is 0.150. The van der Waals surface area contributed by atoms with Crippen LogP contribution in [-0.4, -0.2) is 11.5 Å². The van der Waals surface area contributed by atoms with Crippen molar-refractivity contribution in [2.45, 2.75) is 19.4 Å². The highest BCUT2D eigenvalue weighted by atomic mass is 32.1. The summed E-state index contributed by atoms with van der Waals surface area (Å²) in [5.74, 6) is -0.187. The molecular weight excluding hydrogens is 337 g/mol. The predicted molar refractivity (Wildman–Crippen MR) is 99.5 cm³/mol. The fourth-order valence-electron chi connectivity index (χ4n) is 2.36. The molecule has 1 heterocycles. The number of hydrogen-bond acceptors (Lipinski definition) is 3. The molecule has 0 aliphatic carbocycles. The zero-order valence-electron chi connectivity index (χ0n) is 14.0. The third-order valence-electron chi connectivity index (χ3n) is 3.70. The Balaban J connectivity index is 1.78. The SMILES string of the molecule is CC(C)(Oc1ccc(F)cc1)C(=O)Nc1ccccc1-c1cccs1. The molecule has 3 rings (SSSR count). The highest BCUT2D eigenvalue weighted by molar-refractivity contribution is 7.13. The number of hydrogen-bond donors (Lipinski definition) is 1. The van der Waals surface area contributed by atoms with Gasteiger partial charge in [-0.05, 0) is 55.6 Å². The van der Waals surface area contributed by atoms with Crippen molar-refractivity contribution in [2.24, 2.45) is 0 Å². The molecule has 0 aliphatic rings. The van der Waals surface area contributed by atoms with Gasteiger partial charge < -0.3 is 10.1 Å². The van der Waals surface area contributed by atoms with Crippen molar-refractivity contribution in [1.82, 2.24) is 0 Å². The third kappa shape index (κ3) is 4.06. The summed E-state index contributed by atoms with van der Waals surface area (Å²) in [6.45, 7) is 3.36. The lowest BCUT2D eigenvalue weighted by Crippen LogP contribution is -2.42. The van der Waals surface area contributed by atoms with Crippen LogP contribution in [0.15, 0.2) is 66.0 Å². The van der Waals surface area contributed by atoms with E-state index in [9.17, 15) is 9.18 Å². The standard InChI is InChI=1S/C20H18FNO2S/c1-20(2,24-15-11-9-14(21)10-12-15)19(23)22-17-7-4-3-6-16(17)18-8-5-13-25-18/h3-13H,1-2H3,(H,22,23). The summed E-state index contributed by atoms with van der Waals surface area (Å²) in [6.07, 6.45) is 0. The van der Waals surface area contributed by atoms with Crippen LogP contribution in [0.1, 0.15) is 13.8 Å². The van der Waals surface area contributed by atoms with Crippen molar-refractivity contribution in [2.75, 3.05) is 5.32 Å².